The van der Waals surface area contributed by atoms with Crippen LogP contribution in [0.25, 0.3) is 0 Å². The zero-order valence-corrected chi connectivity index (χ0v) is 11.4. The number of thioether (sulfide) groups is 1. The van der Waals surface area contributed by atoms with Crippen LogP contribution in [0.2, 0.25) is 0 Å². The highest BCUT2D eigenvalue weighted by atomic mass is 32.2. The summed E-state index contributed by atoms with van der Waals surface area (Å²) in [6.07, 6.45) is 3.35. The van der Waals surface area contributed by atoms with Crippen molar-refractivity contribution in [1.29, 1.82) is 0 Å². The Hall–Kier alpha value is -1.75. The van der Waals surface area contributed by atoms with E-state index in [2.05, 4.69) is 4.98 Å². The van der Waals surface area contributed by atoms with Gasteiger partial charge in [-0.25, -0.2) is 9.78 Å². The van der Waals surface area contributed by atoms with E-state index in [9.17, 15) is 4.79 Å². The lowest BCUT2D eigenvalue weighted by Crippen LogP contribution is -2.01. The van der Waals surface area contributed by atoms with Crippen molar-refractivity contribution < 1.29 is 14.3 Å². The minimum atomic E-state index is -0.917. The van der Waals surface area contributed by atoms with E-state index in [1.54, 1.807) is 18.4 Å². The minimum Gasteiger partial charge on any atom is -0.478 e. The predicted molar refractivity (Wildman–Crippen MR) is 73.5 cm³/mol. The zero-order chi connectivity index (χ0) is 13.7. The molecule has 0 saturated heterocycles. The Morgan fingerprint density at radius 1 is 1.47 bits per heavy atom. The molecule has 0 aliphatic carbocycles. The zero-order valence-electron chi connectivity index (χ0n) is 10.6. The number of nitrogens with zero attached hydrogens (tertiary/aromatic N) is 1. The molecule has 2 aromatic rings. The molecule has 0 saturated carbocycles. The Morgan fingerprint density at radius 3 is 2.95 bits per heavy atom. The fourth-order valence-corrected chi connectivity index (χ4v) is 2.53. The second-order valence-corrected chi connectivity index (χ2v) is 5.10. The second-order valence-electron chi connectivity index (χ2n) is 4.11. The molecule has 0 spiro atoms. The fraction of sp³-hybridized carbons (Fsp3) is 0.286. The van der Waals surface area contributed by atoms with Gasteiger partial charge in [0.15, 0.2) is 0 Å². The molecular weight excluding hydrogens is 262 g/mol. The number of carboxylic acid groups (broad SMARTS) is 1. The molecule has 2 rings (SSSR count). The van der Waals surface area contributed by atoms with E-state index in [4.69, 9.17) is 9.52 Å². The molecule has 0 unspecified atom stereocenters. The first-order chi connectivity index (χ1) is 9.19. The maximum atomic E-state index is 11.1. The number of pyridine rings is 1. The Labute approximate surface area is 115 Å². The van der Waals surface area contributed by atoms with Gasteiger partial charge in [0.25, 0.3) is 0 Å². The monoisotopic (exact) mass is 277 g/mol. The van der Waals surface area contributed by atoms with Gasteiger partial charge in [-0.3, -0.25) is 0 Å². The number of rotatable bonds is 6. The lowest BCUT2D eigenvalue weighted by Gasteiger charge is -2.05. The van der Waals surface area contributed by atoms with Crippen LogP contribution in [0.1, 0.15) is 35.2 Å². The van der Waals surface area contributed by atoms with Crippen LogP contribution in [0.5, 0.6) is 0 Å². The summed E-state index contributed by atoms with van der Waals surface area (Å²) in [4.78, 5) is 15.5. The van der Waals surface area contributed by atoms with E-state index < -0.39 is 5.97 Å². The summed E-state index contributed by atoms with van der Waals surface area (Å²) in [6.45, 7) is 2.05. The molecular formula is C14H15NO3S. The van der Waals surface area contributed by atoms with E-state index in [0.717, 1.165) is 29.3 Å². The van der Waals surface area contributed by atoms with Gasteiger partial charge < -0.3 is 9.52 Å². The summed E-state index contributed by atoms with van der Waals surface area (Å²) >= 11 is 1.48. The topological polar surface area (TPSA) is 63.3 Å². The maximum absolute atomic E-state index is 11.1. The number of aromatic nitrogens is 1. The van der Waals surface area contributed by atoms with Crippen LogP contribution in [0.4, 0.5) is 0 Å². The molecule has 1 N–H and O–H groups in total. The normalized spacial score (nSPS) is 10.6. The molecule has 100 valence electrons. The van der Waals surface area contributed by atoms with E-state index in [-0.39, 0.29) is 0 Å². The molecule has 0 aliphatic heterocycles. The van der Waals surface area contributed by atoms with Gasteiger partial charge in [-0.1, -0.05) is 25.1 Å². The number of hydrogen-bond acceptors (Lipinski definition) is 4. The first kappa shape index (κ1) is 13.7. The first-order valence-corrected chi connectivity index (χ1v) is 7.07. The first-order valence-electron chi connectivity index (χ1n) is 6.08. The highest BCUT2D eigenvalue weighted by molar-refractivity contribution is 7.98. The molecule has 2 heterocycles. The van der Waals surface area contributed by atoms with Crippen LogP contribution in [-0.2, 0) is 12.2 Å². The number of aryl methyl sites for hydroxylation is 1. The smallest absolute Gasteiger partial charge is 0.335 e. The number of aromatic carboxylic acids is 1. The fourth-order valence-electron chi connectivity index (χ4n) is 1.68. The SMILES string of the molecule is CCCc1cc(C(=O)O)cc(SCc2ccco2)n1. The lowest BCUT2D eigenvalue weighted by molar-refractivity contribution is 0.0696. The summed E-state index contributed by atoms with van der Waals surface area (Å²) in [5, 5.41) is 9.82. The summed E-state index contributed by atoms with van der Waals surface area (Å²) < 4.78 is 5.25. The van der Waals surface area contributed by atoms with Crippen molar-refractivity contribution >= 4 is 17.7 Å². The van der Waals surface area contributed by atoms with Gasteiger partial charge in [-0.05, 0) is 30.7 Å². The largest absolute Gasteiger partial charge is 0.478 e. The number of carboxylic acids is 1. The van der Waals surface area contributed by atoms with Crippen LogP contribution in [0, 0.1) is 0 Å². The molecule has 2 aromatic heterocycles. The van der Waals surface area contributed by atoms with Crippen molar-refractivity contribution in [3.8, 4) is 0 Å². The molecule has 0 atom stereocenters. The molecule has 0 bridgehead atoms. The maximum Gasteiger partial charge on any atom is 0.335 e. The van der Waals surface area contributed by atoms with E-state index in [0.29, 0.717) is 11.3 Å². The molecule has 0 amide bonds. The quantitative estimate of drug-likeness (QED) is 0.817. The van der Waals surface area contributed by atoms with Crippen molar-refractivity contribution in [3.63, 3.8) is 0 Å². The van der Waals surface area contributed by atoms with Crippen LogP contribution in [0.3, 0.4) is 0 Å². The summed E-state index contributed by atoms with van der Waals surface area (Å²) in [7, 11) is 0. The molecule has 0 fully saturated rings. The summed E-state index contributed by atoms with van der Waals surface area (Å²) in [5.41, 5.74) is 1.12. The third-order valence-electron chi connectivity index (χ3n) is 2.55. The molecule has 0 aromatic carbocycles. The minimum absolute atomic E-state index is 0.292. The second kappa shape index (κ2) is 6.43. The van der Waals surface area contributed by atoms with Crippen LogP contribution >= 0.6 is 11.8 Å². The molecule has 0 aliphatic rings. The third-order valence-corrected chi connectivity index (χ3v) is 3.48. The Bertz CT molecular complexity index is 552. The average Bonchev–Trinajstić information content (AvgIpc) is 2.89. The van der Waals surface area contributed by atoms with Gasteiger partial charge in [0.05, 0.1) is 22.6 Å². The molecule has 19 heavy (non-hydrogen) atoms. The van der Waals surface area contributed by atoms with Crippen LogP contribution in [0.15, 0.2) is 40.0 Å². The van der Waals surface area contributed by atoms with Gasteiger partial charge >= 0.3 is 5.97 Å². The number of carbonyl (C=O) groups is 1. The van der Waals surface area contributed by atoms with Crippen molar-refractivity contribution in [1.82, 2.24) is 4.98 Å². The molecule has 0 radical (unpaired) electrons. The molecule has 4 nitrogen and oxygen atoms in total. The van der Waals surface area contributed by atoms with Gasteiger partial charge in [0.1, 0.15) is 5.76 Å². The predicted octanol–water partition coefficient (Wildman–Crippen LogP) is 3.62. The van der Waals surface area contributed by atoms with Gasteiger partial charge in [0.2, 0.25) is 0 Å². The van der Waals surface area contributed by atoms with E-state index in [1.165, 1.54) is 11.8 Å². The van der Waals surface area contributed by atoms with Gasteiger partial charge in [-0.2, -0.15) is 0 Å². The highest BCUT2D eigenvalue weighted by Crippen LogP contribution is 2.23. The highest BCUT2D eigenvalue weighted by Gasteiger charge is 2.09. The summed E-state index contributed by atoms with van der Waals surface area (Å²) in [5.74, 6) is 0.582. The van der Waals surface area contributed by atoms with E-state index in [1.807, 2.05) is 19.1 Å². The number of hydrogen-bond donors (Lipinski definition) is 1. The van der Waals surface area contributed by atoms with Gasteiger partial charge in [0, 0.05) is 5.69 Å². The summed E-state index contributed by atoms with van der Waals surface area (Å²) in [6, 6.07) is 6.97. The number of furan rings is 1. The lowest BCUT2D eigenvalue weighted by atomic mass is 10.2. The third kappa shape index (κ3) is 3.86. The Balaban J connectivity index is 2.16. The Morgan fingerprint density at radius 2 is 2.32 bits per heavy atom. The van der Waals surface area contributed by atoms with Crippen LogP contribution < -0.4 is 0 Å². The van der Waals surface area contributed by atoms with Crippen molar-refractivity contribution in [2.75, 3.05) is 0 Å². The van der Waals surface area contributed by atoms with Crippen molar-refractivity contribution in [3.05, 3.63) is 47.5 Å². The van der Waals surface area contributed by atoms with Gasteiger partial charge in [-0.15, -0.1) is 0 Å². The average molecular weight is 277 g/mol. The van der Waals surface area contributed by atoms with Crippen LogP contribution in [-0.4, -0.2) is 16.1 Å². The van der Waals surface area contributed by atoms with Crippen molar-refractivity contribution in [2.45, 2.75) is 30.5 Å². The standard InChI is InChI=1S/C14H15NO3S/c1-2-4-11-7-10(14(16)17)8-13(15-11)19-9-12-5-3-6-18-12/h3,5-8H,2,4,9H2,1H3,(H,16,17). The van der Waals surface area contributed by atoms with Crippen molar-refractivity contribution in [2.24, 2.45) is 0 Å². The van der Waals surface area contributed by atoms with E-state index >= 15 is 0 Å². The Kier molecular flexibility index (Phi) is 4.63. The molecule has 5 heteroatoms.